The molecule has 0 aromatic heterocycles. The predicted octanol–water partition coefficient (Wildman–Crippen LogP) is 3.44. The van der Waals surface area contributed by atoms with Gasteiger partial charge in [-0.25, -0.2) is 8.62 Å². The van der Waals surface area contributed by atoms with Gasteiger partial charge in [-0.05, 0) is 0 Å². The summed E-state index contributed by atoms with van der Waals surface area (Å²) in [7, 11) is -13.8. The first-order valence-corrected chi connectivity index (χ1v) is 12.3. The lowest BCUT2D eigenvalue weighted by molar-refractivity contribution is 0.309. The molecule has 0 N–H and O–H groups in total. The molecule has 1 saturated heterocycles. The van der Waals surface area contributed by atoms with Crippen LogP contribution in [0.15, 0.2) is 0 Å². The Hall–Kier alpha value is 0.830. The molecular weight excluding hydrogens is 296 g/mol. The number of hydrogen-bond donors (Lipinski definition) is 0. The highest BCUT2D eigenvalue weighted by atomic mass is 31.3. The van der Waals surface area contributed by atoms with Crippen LogP contribution in [0.25, 0.3) is 0 Å². The fraction of sp³-hybridized carbons (Fsp3) is 0.800. The normalized spacial score (nSPS) is 55.2. The van der Waals surface area contributed by atoms with Gasteiger partial charge in [-0.1, -0.05) is 6.30 Å². The maximum absolute atomic E-state index is 11.8. The van der Waals surface area contributed by atoms with Crippen molar-refractivity contribution in [2.45, 2.75) is 0 Å². The van der Waals surface area contributed by atoms with E-state index in [1.165, 1.54) is 6.66 Å². The Balaban J connectivity index is 3.18. The summed E-state index contributed by atoms with van der Waals surface area (Å²) >= 11 is 0. The minimum absolute atomic E-state index is 1.05. The third kappa shape index (κ3) is 4.60. The van der Waals surface area contributed by atoms with Crippen LogP contribution in [0.4, 0.5) is 0 Å². The van der Waals surface area contributed by atoms with E-state index in [0.29, 0.717) is 0 Å². The Morgan fingerprint density at radius 3 is 1.25 bits per heavy atom. The van der Waals surface area contributed by atoms with Crippen molar-refractivity contribution in [1.82, 2.24) is 0 Å². The first-order valence-electron chi connectivity index (χ1n) is 4.11. The van der Waals surface area contributed by atoms with Gasteiger partial charge < -0.3 is 0 Å². The minimum atomic E-state index is -3.74. The zero-order valence-corrected chi connectivity index (χ0v) is 12.9. The highest BCUT2D eigenvalue weighted by molar-refractivity contribution is 7.82. The molecule has 2 atom stereocenters. The Morgan fingerprint density at radius 2 is 0.938 bits per heavy atom. The minimum Gasteiger partial charge on any atom is -0.262 e. The van der Waals surface area contributed by atoms with Crippen molar-refractivity contribution in [2.24, 2.45) is 0 Å². The quantitative estimate of drug-likeness (QED) is 0.633. The summed E-state index contributed by atoms with van der Waals surface area (Å²) in [6.45, 7) is 4.73. The highest BCUT2D eigenvalue weighted by Gasteiger charge is 2.42. The zero-order chi connectivity index (χ0) is 12.8. The summed E-state index contributed by atoms with van der Waals surface area (Å²) in [6.07, 6.45) is 3.54. The Bertz CT molecular complexity index is 369. The largest absolute Gasteiger partial charge is 0.341 e. The second kappa shape index (κ2) is 4.19. The molecule has 0 aromatic rings. The molecule has 1 aliphatic heterocycles. The smallest absolute Gasteiger partial charge is 0.262 e. The average Bonchev–Trinajstić information content (AvgIpc) is 1.67. The Morgan fingerprint density at radius 1 is 0.688 bits per heavy atom. The van der Waals surface area contributed by atoms with Crippen molar-refractivity contribution < 1.29 is 30.9 Å². The third-order valence-electron chi connectivity index (χ3n) is 1.24. The number of hydrogen-bond acceptors (Lipinski definition) is 7. The van der Waals surface area contributed by atoms with Gasteiger partial charge in [0.25, 0.3) is 0 Å². The van der Waals surface area contributed by atoms with Gasteiger partial charge in [0, 0.05) is 26.7 Å². The van der Waals surface area contributed by atoms with Crippen LogP contribution in [0.5, 0.6) is 0 Å². The van der Waals surface area contributed by atoms with Gasteiger partial charge in [-0.2, -0.15) is 0 Å². The third-order valence-corrected chi connectivity index (χ3v) is 11.1. The van der Waals surface area contributed by atoms with Gasteiger partial charge in [0.1, 0.15) is 7.34 Å². The first-order chi connectivity index (χ1) is 6.83. The topological polar surface area (TPSA) is 88.1 Å². The molecule has 16 heavy (non-hydrogen) atoms. The lowest BCUT2D eigenvalue weighted by Crippen LogP contribution is -2.01. The van der Waals surface area contributed by atoms with Crippen molar-refractivity contribution in [2.75, 3.05) is 26.7 Å². The van der Waals surface area contributed by atoms with E-state index in [1.807, 2.05) is 0 Å². The molecule has 1 aliphatic rings. The SMILES string of the molecule is C=P1(C)OP(C)(=O)OP(C)(=O)OP(C)(=O)O1. The average molecular weight is 310 g/mol. The van der Waals surface area contributed by atoms with Crippen LogP contribution in [-0.2, 0) is 30.9 Å². The first kappa shape index (κ1) is 14.9. The summed E-state index contributed by atoms with van der Waals surface area (Å²) in [5.74, 6) is 0. The summed E-state index contributed by atoms with van der Waals surface area (Å²) < 4.78 is 54.8. The van der Waals surface area contributed by atoms with E-state index < -0.39 is 30.1 Å². The van der Waals surface area contributed by atoms with Crippen molar-refractivity contribution in [3.05, 3.63) is 0 Å². The molecule has 2 unspecified atom stereocenters. The van der Waals surface area contributed by atoms with Crippen LogP contribution in [-0.4, -0.2) is 33.0 Å². The van der Waals surface area contributed by atoms with Crippen LogP contribution in [0, 0.1) is 0 Å². The van der Waals surface area contributed by atoms with E-state index in [0.717, 1.165) is 20.0 Å². The van der Waals surface area contributed by atoms with Gasteiger partial charge in [0.2, 0.25) is 0 Å². The summed E-state index contributed by atoms with van der Waals surface area (Å²) in [5.41, 5.74) is 0. The summed E-state index contributed by atoms with van der Waals surface area (Å²) in [5, 5.41) is 0. The second-order valence-corrected chi connectivity index (χ2v) is 12.9. The van der Waals surface area contributed by atoms with Gasteiger partial charge in [0.05, 0.1) is 0 Å². The fourth-order valence-electron chi connectivity index (χ4n) is 1.23. The van der Waals surface area contributed by atoms with E-state index in [2.05, 4.69) is 6.30 Å². The molecule has 1 rings (SSSR count). The zero-order valence-electron chi connectivity index (χ0n) is 9.35. The van der Waals surface area contributed by atoms with Gasteiger partial charge in [-0.15, -0.1) is 0 Å². The molecule has 7 nitrogen and oxygen atoms in total. The molecule has 11 heteroatoms. The fourth-order valence-corrected chi connectivity index (χ4v) is 12.1. The molecule has 1 heterocycles. The molecule has 0 bridgehead atoms. The monoisotopic (exact) mass is 310 g/mol. The van der Waals surface area contributed by atoms with E-state index in [4.69, 9.17) is 17.2 Å². The molecular formula is C5H14O7P4. The van der Waals surface area contributed by atoms with Crippen LogP contribution < -0.4 is 0 Å². The lowest BCUT2D eigenvalue weighted by atomic mass is 11.9. The van der Waals surface area contributed by atoms with Crippen molar-refractivity contribution >= 4 is 36.4 Å². The molecule has 0 radical (unpaired) electrons. The molecule has 1 fully saturated rings. The predicted molar refractivity (Wildman–Crippen MR) is 64.9 cm³/mol. The Labute approximate surface area is 94.6 Å². The van der Waals surface area contributed by atoms with E-state index in [-0.39, 0.29) is 0 Å². The van der Waals surface area contributed by atoms with Crippen molar-refractivity contribution in [1.29, 1.82) is 0 Å². The standard InChI is InChI=1S/C5H14O7P4/c1-13(2)9-14(3,6)11-16(5,8)12-15(4,7)10-13/h1H2,2-5H3. The van der Waals surface area contributed by atoms with Crippen molar-refractivity contribution in [3.8, 4) is 0 Å². The number of rotatable bonds is 0. The van der Waals surface area contributed by atoms with Crippen LogP contribution in [0.2, 0.25) is 0 Å². The molecule has 0 spiro atoms. The van der Waals surface area contributed by atoms with E-state index >= 15 is 0 Å². The second-order valence-electron chi connectivity index (χ2n) is 3.65. The van der Waals surface area contributed by atoms with E-state index in [1.54, 1.807) is 0 Å². The Kier molecular flexibility index (Phi) is 3.90. The molecule has 96 valence electrons. The lowest BCUT2D eigenvalue weighted by Gasteiger charge is -2.31. The maximum Gasteiger partial charge on any atom is 0.341 e. The summed E-state index contributed by atoms with van der Waals surface area (Å²) in [6, 6.07) is 0. The van der Waals surface area contributed by atoms with Gasteiger partial charge >= 0.3 is 22.8 Å². The van der Waals surface area contributed by atoms with Gasteiger partial charge in [0.15, 0.2) is 0 Å². The molecule has 0 aromatic carbocycles. The molecule has 0 saturated carbocycles. The maximum atomic E-state index is 11.8. The van der Waals surface area contributed by atoms with Crippen LogP contribution >= 0.6 is 30.1 Å². The highest BCUT2D eigenvalue weighted by Crippen LogP contribution is 2.78. The summed E-state index contributed by atoms with van der Waals surface area (Å²) in [4.78, 5) is 0. The van der Waals surface area contributed by atoms with Gasteiger partial charge in [-0.3, -0.25) is 22.3 Å². The molecule has 0 amide bonds. The van der Waals surface area contributed by atoms with Crippen molar-refractivity contribution in [3.63, 3.8) is 0 Å². The van der Waals surface area contributed by atoms with Crippen LogP contribution in [0.3, 0.4) is 0 Å². The molecule has 0 aliphatic carbocycles. The van der Waals surface area contributed by atoms with Crippen LogP contribution in [0.1, 0.15) is 0 Å². The van der Waals surface area contributed by atoms with E-state index in [9.17, 15) is 13.7 Å².